The topological polar surface area (TPSA) is 113 Å². The van der Waals surface area contributed by atoms with Gasteiger partial charge < -0.3 is 5.32 Å². The maximum Gasteiger partial charge on any atom is 0.255 e. The van der Waals surface area contributed by atoms with Crippen molar-refractivity contribution in [2.24, 2.45) is 0 Å². The van der Waals surface area contributed by atoms with Crippen LogP contribution in [-0.4, -0.2) is 47.7 Å². The number of anilines is 1. The van der Waals surface area contributed by atoms with E-state index in [2.05, 4.69) is 10.0 Å². The van der Waals surface area contributed by atoms with E-state index in [4.69, 9.17) is 0 Å². The number of nitrogens with one attached hydrogen (secondary N) is 2. The molecule has 10 heteroatoms. The predicted molar refractivity (Wildman–Crippen MR) is 107 cm³/mol. The summed E-state index contributed by atoms with van der Waals surface area (Å²) in [5, 5.41) is 2.63. The number of carbonyl (C=O) groups is 1. The van der Waals surface area contributed by atoms with Gasteiger partial charge >= 0.3 is 0 Å². The molecular formula is C18H23N3O5S2. The van der Waals surface area contributed by atoms with E-state index in [1.807, 2.05) is 6.92 Å². The summed E-state index contributed by atoms with van der Waals surface area (Å²) in [5.74, 6) is -0.504. The Morgan fingerprint density at radius 1 is 0.964 bits per heavy atom. The zero-order valence-corrected chi connectivity index (χ0v) is 17.5. The molecule has 0 spiro atoms. The fraction of sp³-hybridized carbons (Fsp3) is 0.278. The van der Waals surface area contributed by atoms with Crippen LogP contribution in [0.25, 0.3) is 0 Å². The fourth-order valence-corrected chi connectivity index (χ4v) is 4.33. The lowest BCUT2D eigenvalue weighted by Crippen LogP contribution is -2.24. The predicted octanol–water partition coefficient (Wildman–Crippen LogP) is 1.88. The van der Waals surface area contributed by atoms with Crippen LogP contribution in [0.5, 0.6) is 0 Å². The maximum atomic E-state index is 12.4. The van der Waals surface area contributed by atoms with Gasteiger partial charge in [0.15, 0.2) is 0 Å². The molecule has 0 radical (unpaired) electrons. The fourth-order valence-electron chi connectivity index (χ4n) is 2.25. The highest BCUT2D eigenvalue weighted by Crippen LogP contribution is 2.18. The largest absolute Gasteiger partial charge is 0.322 e. The zero-order valence-electron chi connectivity index (χ0n) is 15.8. The van der Waals surface area contributed by atoms with E-state index >= 15 is 0 Å². The summed E-state index contributed by atoms with van der Waals surface area (Å²) < 4.78 is 52.1. The van der Waals surface area contributed by atoms with Gasteiger partial charge in [-0.05, 0) is 48.9 Å². The number of nitrogens with zero attached hydrogens (tertiary/aromatic N) is 1. The third-order valence-corrected chi connectivity index (χ3v) is 7.13. The third-order valence-electron chi connectivity index (χ3n) is 3.84. The Bertz CT molecular complexity index is 1050. The average Bonchev–Trinajstić information content (AvgIpc) is 2.67. The molecule has 2 N–H and O–H groups in total. The van der Waals surface area contributed by atoms with Crippen LogP contribution in [0.2, 0.25) is 0 Å². The minimum absolute atomic E-state index is 0.000948. The summed E-state index contributed by atoms with van der Waals surface area (Å²) in [6, 6.07) is 11.4. The van der Waals surface area contributed by atoms with E-state index in [1.54, 1.807) is 0 Å². The molecule has 0 saturated heterocycles. The van der Waals surface area contributed by atoms with Gasteiger partial charge in [-0.2, -0.15) is 0 Å². The van der Waals surface area contributed by atoms with Crippen molar-refractivity contribution in [2.75, 3.05) is 26.0 Å². The zero-order chi connectivity index (χ0) is 20.9. The Balaban J connectivity index is 2.19. The molecule has 0 saturated carbocycles. The van der Waals surface area contributed by atoms with Gasteiger partial charge in [-0.15, -0.1) is 0 Å². The quantitative estimate of drug-likeness (QED) is 0.670. The molecule has 0 aliphatic heterocycles. The van der Waals surface area contributed by atoms with Crippen molar-refractivity contribution in [1.29, 1.82) is 0 Å². The molecule has 152 valence electrons. The molecule has 0 aliphatic carbocycles. The summed E-state index contributed by atoms with van der Waals surface area (Å²) in [4.78, 5) is 12.5. The lowest BCUT2D eigenvalue weighted by molar-refractivity contribution is 0.102. The van der Waals surface area contributed by atoms with Gasteiger partial charge in [0, 0.05) is 31.9 Å². The summed E-state index contributed by atoms with van der Waals surface area (Å²) in [7, 11) is -4.38. The number of sulfonamides is 2. The third kappa shape index (κ3) is 5.16. The van der Waals surface area contributed by atoms with Crippen LogP contribution in [0.4, 0.5) is 5.69 Å². The van der Waals surface area contributed by atoms with Crippen LogP contribution >= 0.6 is 0 Å². The van der Waals surface area contributed by atoms with E-state index in [-0.39, 0.29) is 15.4 Å². The van der Waals surface area contributed by atoms with Crippen LogP contribution in [0, 0.1) is 0 Å². The molecule has 0 aliphatic rings. The molecule has 0 fully saturated rings. The normalized spacial score (nSPS) is 12.1. The molecule has 0 aromatic heterocycles. The summed E-state index contributed by atoms with van der Waals surface area (Å²) >= 11 is 0. The van der Waals surface area contributed by atoms with Crippen LogP contribution in [0.15, 0.2) is 58.3 Å². The van der Waals surface area contributed by atoms with Crippen molar-refractivity contribution < 1.29 is 21.6 Å². The van der Waals surface area contributed by atoms with Gasteiger partial charge in [-0.1, -0.05) is 13.0 Å². The number of rotatable bonds is 8. The average molecular weight is 426 g/mol. The molecular weight excluding hydrogens is 402 g/mol. The van der Waals surface area contributed by atoms with Gasteiger partial charge in [0.1, 0.15) is 0 Å². The molecule has 0 atom stereocenters. The molecule has 8 nitrogen and oxygen atoms in total. The summed E-state index contributed by atoms with van der Waals surface area (Å²) in [6.45, 7) is 2.16. The highest BCUT2D eigenvalue weighted by molar-refractivity contribution is 7.89. The van der Waals surface area contributed by atoms with E-state index in [1.165, 1.54) is 62.6 Å². The van der Waals surface area contributed by atoms with E-state index in [0.717, 1.165) is 4.31 Å². The maximum absolute atomic E-state index is 12.4. The summed E-state index contributed by atoms with van der Waals surface area (Å²) in [5.41, 5.74) is 0.560. The van der Waals surface area contributed by atoms with Gasteiger partial charge in [0.2, 0.25) is 20.0 Å². The number of hydrogen-bond acceptors (Lipinski definition) is 5. The number of benzene rings is 2. The number of hydrogen-bond donors (Lipinski definition) is 2. The monoisotopic (exact) mass is 425 g/mol. The smallest absolute Gasteiger partial charge is 0.255 e. The number of amides is 1. The Morgan fingerprint density at radius 3 is 2.18 bits per heavy atom. The Kier molecular flexibility index (Phi) is 6.94. The Hall–Kier alpha value is -2.27. The second-order valence-corrected chi connectivity index (χ2v) is 10.1. The molecule has 2 rings (SSSR count). The number of carbonyl (C=O) groups excluding carboxylic acids is 1. The first-order valence-electron chi connectivity index (χ1n) is 8.51. The first-order chi connectivity index (χ1) is 13.1. The van der Waals surface area contributed by atoms with Crippen molar-refractivity contribution in [3.63, 3.8) is 0 Å². The van der Waals surface area contributed by atoms with Gasteiger partial charge in [0.25, 0.3) is 5.91 Å². The highest BCUT2D eigenvalue weighted by atomic mass is 32.2. The minimum Gasteiger partial charge on any atom is -0.322 e. The summed E-state index contributed by atoms with van der Waals surface area (Å²) in [6.07, 6.45) is 0.652. The molecule has 0 heterocycles. The van der Waals surface area contributed by atoms with Gasteiger partial charge in [-0.3, -0.25) is 4.79 Å². The molecule has 0 unspecified atom stereocenters. The van der Waals surface area contributed by atoms with Crippen molar-refractivity contribution in [2.45, 2.75) is 23.1 Å². The van der Waals surface area contributed by atoms with Crippen molar-refractivity contribution in [3.05, 3.63) is 54.1 Å². The van der Waals surface area contributed by atoms with E-state index in [9.17, 15) is 21.6 Å². The van der Waals surface area contributed by atoms with E-state index in [0.29, 0.717) is 18.7 Å². The van der Waals surface area contributed by atoms with Gasteiger partial charge in [0.05, 0.1) is 9.79 Å². The van der Waals surface area contributed by atoms with Crippen molar-refractivity contribution in [3.8, 4) is 0 Å². The first-order valence-corrected chi connectivity index (χ1v) is 11.4. The van der Waals surface area contributed by atoms with Crippen molar-refractivity contribution >= 4 is 31.6 Å². The molecule has 2 aromatic carbocycles. The molecule has 1 amide bonds. The van der Waals surface area contributed by atoms with Gasteiger partial charge in [-0.25, -0.2) is 25.9 Å². The molecule has 28 heavy (non-hydrogen) atoms. The van der Waals surface area contributed by atoms with Crippen LogP contribution in [0.1, 0.15) is 23.7 Å². The molecule has 0 bridgehead atoms. The lowest BCUT2D eigenvalue weighted by atomic mass is 10.2. The van der Waals surface area contributed by atoms with Crippen molar-refractivity contribution in [1.82, 2.24) is 9.03 Å². The van der Waals surface area contributed by atoms with Crippen LogP contribution < -0.4 is 10.0 Å². The molecule has 2 aromatic rings. The lowest BCUT2D eigenvalue weighted by Gasteiger charge is -2.12. The second kappa shape index (κ2) is 8.82. The minimum atomic E-state index is -3.68. The standard InChI is InChI=1S/C18H23N3O5S2/c1-4-12-19-27(23,24)17-7-5-6-14(13-17)18(22)20-15-8-10-16(11-9-15)28(25,26)21(2)3/h5-11,13,19H,4,12H2,1-3H3,(H,20,22). The van der Waals surface area contributed by atoms with E-state index < -0.39 is 26.0 Å². The van der Waals surface area contributed by atoms with Crippen LogP contribution in [-0.2, 0) is 20.0 Å². The van der Waals surface area contributed by atoms with Crippen LogP contribution in [0.3, 0.4) is 0 Å². The second-order valence-electron chi connectivity index (χ2n) is 6.19. The SMILES string of the molecule is CCCNS(=O)(=O)c1cccc(C(=O)Nc2ccc(S(=O)(=O)N(C)C)cc2)c1. The Labute approximate surface area is 165 Å². The first kappa shape index (κ1) is 22.0. The highest BCUT2D eigenvalue weighted by Gasteiger charge is 2.18. The Morgan fingerprint density at radius 2 is 1.61 bits per heavy atom.